The molecule has 0 radical (unpaired) electrons. The highest BCUT2D eigenvalue weighted by molar-refractivity contribution is 5.61. The molecule has 4 aliphatic carbocycles. The minimum Gasteiger partial charge on any atom is -0.0622 e. The number of fused-ring (bicyclic) bond motifs is 10. The summed E-state index contributed by atoms with van der Waals surface area (Å²) >= 11 is 0. The Labute approximate surface area is 158 Å². The van der Waals surface area contributed by atoms with Crippen LogP contribution in [0.1, 0.15) is 68.2 Å². The fourth-order valence-electron chi connectivity index (χ4n) is 8.32. The fraction of sp³-hybridized carbons (Fsp3) is 0.538. The summed E-state index contributed by atoms with van der Waals surface area (Å²) in [5, 5.41) is 0. The Morgan fingerprint density at radius 3 is 2.15 bits per heavy atom. The SMILES string of the molecule is CC1C2[C@@H](C[C@@H]1C)C1c3ccccc3C3(c4ccccc4[C@@H](C)[C@H]3C)[C@H]12. The largest absolute Gasteiger partial charge is 0.0622 e. The molecule has 134 valence electrons. The van der Waals surface area contributed by atoms with Gasteiger partial charge in [0.2, 0.25) is 0 Å². The van der Waals surface area contributed by atoms with Crippen molar-refractivity contribution in [3.8, 4) is 0 Å². The summed E-state index contributed by atoms with van der Waals surface area (Å²) in [6, 6.07) is 19.0. The van der Waals surface area contributed by atoms with Crippen LogP contribution in [0.15, 0.2) is 48.5 Å². The van der Waals surface area contributed by atoms with Crippen molar-refractivity contribution in [1.82, 2.24) is 0 Å². The first-order chi connectivity index (χ1) is 12.6. The Morgan fingerprint density at radius 1 is 0.808 bits per heavy atom. The second kappa shape index (κ2) is 4.83. The van der Waals surface area contributed by atoms with Crippen molar-refractivity contribution in [3.05, 3.63) is 70.8 Å². The average molecular weight is 343 g/mol. The van der Waals surface area contributed by atoms with Gasteiger partial charge in [-0.3, -0.25) is 0 Å². The zero-order chi connectivity index (χ0) is 17.8. The smallest absolute Gasteiger partial charge is 0.0276 e. The van der Waals surface area contributed by atoms with Crippen molar-refractivity contribution in [2.24, 2.45) is 35.5 Å². The van der Waals surface area contributed by atoms with Crippen molar-refractivity contribution >= 4 is 0 Å². The highest BCUT2D eigenvalue weighted by Gasteiger charge is 2.71. The Kier molecular flexibility index (Phi) is 2.88. The van der Waals surface area contributed by atoms with Crippen molar-refractivity contribution in [2.75, 3.05) is 0 Å². The van der Waals surface area contributed by atoms with Gasteiger partial charge in [0.15, 0.2) is 0 Å². The van der Waals surface area contributed by atoms with Crippen LogP contribution in [0.5, 0.6) is 0 Å². The lowest BCUT2D eigenvalue weighted by molar-refractivity contribution is -0.0111. The molecule has 1 spiro atoms. The van der Waals surface area contributed by atoms with E-state index in [2.05, 4.69) is 76.2 Å². The molecule has 0 aliphatic heterocycles. The second-order valence-electron chi connectivity index (χ2n) is 9.99. The van der Waals surface area contributed by atoms with E-state index < -0.39 is 0 Å². The van der Waals surface area contributed by atoms with Gasteiger partial charge < -0.3 is 0 Å². The lowest BCUT2D eigenvalue weighted by Crippen LogP contribution is -2.52. The summed E-state index contributed by atoms with van der Waals surface area (Å²) in [4.78, 5) is 0. The zero-order valence-electron chi connectivity index (χ0n) is 16.4. The Bertz CT molecular complexity index is 894. The third-order valence-corrected chi connectivity index (χ3v) is 9.56. The molecule has 2 fully saturated rings. The molecule has 0 bridgehead atoms. The molecule has 0 nitrogen and oxygen atoms in total. The van der Waals surface area contributed by atoms with Gasteiger partial charge in [-0.1, -0.05) is 76.2 Å². The van der Waals surface area contributed by atoms with E-state index in [4.69, 9.17) is 0 Å². The van der Waals surface area contributed by atoms with Crippen LogP contribution < -0.4 is 0 Å². The number of benzene rings is 2. The van der Waals surface area contributed by atoms with Crippen LogP contribution in [0.25, 0.3) is 0 Å². The molecule has 0 amide bonds. The van der Waals surface area contributed by atoms with Crippen LogP contribution in [0.2, 0.25) is 0 Å². The lowest BCUT2D eigenvalue weighted by Gasteiger charge is -2.55. The average Bonchev–Trinajstić information content (AvgIpc) is 3.14. The molecule has 0 saturated heterocycles. The van der Waals surface area contributed by atoms with Crippen molar-refractivity contribution in [1.29, 1.82) is 0 Å². The lowest BCUT2D eigenvalue weighted by atomic mass is 9.48. The predicted molar refractivity (Wildman–Crippen MR) is 107 cm³/mol. The molecule has 0 heterocycles. The monoisotopic (exact) mass is 342 g/mol. The van der Waals surface area contributed by atoms with Gasteiger partial charge in [0.25, 0.3) is 0 Å². The van der Waals surface area contributed by atoms with E-state index in [9.17, 15) is 0 Å². The van der Waals surface area contributed by atoms with Gasteiger partial charge in [-0.2, -0.15) is 0 Å². The maximum absolute atomic E-state index is 2.56. The van der Waals surface area contributed by atoms with Crippen molar-refractivity contribution in [3.63, 3.8) is 0 Å². The quantitative estimate of drug-likeness (QED) is 0.522. The maximum atomic E-state index is 2.56. The minimum absolute atomic E-state index is 0.261. The van der Waals surface area contributed by atoms with Crippen LogP contribution in [0, 0.1) is 35.5 Å². The van der Waals surface area contributed by atoms with E-state index in [1.807, 2.05) is 0 Å². The van der Waals surface area contributed by atoms with Crippen molar-refractivity contribution in [2.45, 2.75) is 51.4 Å². The number of hydrogen-bond donors (Lipinski definition) is 0. The summed E-state index contributed by atoms with van der Waals surface area (Å²) in [6.45, 7) is 10.1. The van der Waals surface area contributed by atoms with E-state index in [0.717, 1.165) is 35.5 Å². The summed E-state index contributed by atoms with van der Waals surface area (Å²) in [5.74, 6) is 6.61. The fourth-order valence-corrected chi connectivity index (χ4v) is 8.32. The number of rotatable bonds is 0. The molecule has 0 aromatic heterocycles. The molecule has 2 aromatic rings. The van der Waals surface area contributed by atoms with E-state index in [-0.39, 0.29) is 5.41 Å². The third-order valence-electron chi connectivity index (χ3n) is 9.56. The van der Waals surface area contributed by atoms with Crippen LogP contribution in [-0.2, 0) is 5.41 Å². The molecule has 26 heavy (non-hydrogen) atoms. The van der Waals surface area contributed by atoms with Crippen LogP contribution in [-0.4, -0.2) is 0 Å². The van der Waals surface area contributed by atoms with Crippen LogP contribution in [0.4, 0.5) is 0 Å². The summed E-state index contributed by atoms with van der Waals surface area (Å²) in [5.41, 5.74) is 6.95. The van der Waals surface area contributed by atoms with Gasteiger partial charge in [0.05, 0.1) is 0 Å². The van der Waals surface area contributed by atoms with Gasteiger partial charge in [-0.05, 0) is 76.0 Å². The normalized spacial score (nSPS) is 47.2. The van der Waals surface area contributed by atoms with E-state index in [0.29, 0.717) is 11.8 Å². The number of hydrogen-bond acceptors (Lipinski definition) is 0. The maximum Gasteiger partial charge on any atom is 0.0276 e. The molecule has 9 atom stereocenters. The first kappa shape index (κ1) is 15.5. The topological polar surface area (TPSA) is 0 Å². The van der Waals surface area contributed by atoms with E-state index >= 15 is 0 Å². The highest BCUT2D eigenvalue weighted by atomic mass is 14.7. The highest BCUT2D eigenvalue weighted by Crippen LogP contribution is 2.77. The molecule has 2 saturated carbocycles. The van der Waals surface area contributed by atoms with Gasteiger partial charge in [-0.25, -0.2) is 0 Å². The Morgan fingerprint density at radius 2 is 1.42 bits per heavy atom. The molecule has 0 N–H and O–H groups in total. The molecule has 0 heteroatoms. The zero-order valence-corrected chi connectivity index (χ0v) is 16.4. The van der Waals surface area contributed by atoms with Gasteiger partial charge >= 0.3 is 0 Å². The van der Waals surface area contributed by atoms with Gasteiger partial charge in [0.1, 0.15) is 0 Å². The summed E-state index contributed by atoms with van der Waals surface area (Å²) in [6.07, 6.45) is 1.45. The molecule has 2 aromatic carbocycles. The first-order valence-corrected chi connectivity index (χ1v) is 10.8. The third kappa shape index (κ3) is 1.45. The van der Waals surface area contributed by atoms with E-state index in [1.54, 1.807) is 22.3 Å². The van der Waals surface area contributed by atoms with Gasteiger partial charge in [-0.15, -0.1) is 0 Å². The van der Waals surface area contributed by atoms with E-state index in [1.165, 1.54) is 6.42 Å². The standard InChI is InChI=1S/C26H30/c1-14-13-20-23(15(14)2)25-24(20)19-10-6-8-12-22(19)26(25)17(4)16(3)18-9-5-7-11-21(18)26/h5-12,14-17,20,23-25H,13H2,1-4H3/t14-,15?,16-,17+,20+,23?,24?,25-,26?/m0/s1. The molecular weight excluding hydrogens is 312 g/mol. The first-order valence-electron chi connectivity index (χ1n) is 10.8. The van der Waals surface area contributed by atoms with Crippen molar-refractivity contribution < 1.29 is 0 Å². The Hall–Kier alpha value is -1.56. The van der Waals surface area contributed by atoms with Crippen LogP contribution >= 0.6 is 0 Å². The molecule has 4 aliphatic rings. The molecule has 6 rings (SSSR count). The minimum atomic E-state index is 0.261. The Balaban J connectivity index is 1.65. The summed E-state index contributed by atoms with van der Waals surface area (Å²) in [7, 11) is 0. The predicted octanol–water partition coefficient (Wildman–Crippen LogP) is 6.36. The van der Waals surface area contributed by atoms with Crippen LogP contribution in [0.3, 0.4) is 0 Å². The second-order valence-corrected chi connectivity index (χ2v) is 9.99. The van der Waals surface area contributed by atoms with Gasteiger partial charge in [0, 0.05) is 5.41 Å². The summed E-state index contributed by atoms with van der Waals surface area (Å²) < 4.78 is 0. The molecule has 4 unspecified atom stereocenters. The molecular formula is C26H30.